The van der Waals surface area contributed by atoms with Gasteiger partial charge in [-0.3, -0.25) is 4.79 Å². The Labute approximate surface area is 130 Å². The Hall–Kier alpha value is -1.99. The SMILES string of the molecule is O=C(O)c1ccc(C(=O)NCC2(C(F)(F)F)CCCCCC2)o1. The quantitative estimate of drug-likeness (QED) is 0.825. The highest BCUT2D eigenvalue weighted by Crippen LogP contribution is 2.47. The third-order valence-corrected chi connectivity index (χ3v) is 4.29. The van der Waals surface area contributed by atoms with Crippen LogP contribution in [0.5, 0.6) is 0 Å². The van der Waals surface area contributed by atoms with E-state index >= 15 is 0 Å². The highest BCUT2D eigenvalue weighted by Gasteiger charge is 2.54. The van der Waals surface area contributed by atoms with Crippen molar-refractivity contribution >= 4 is 11.9 Å². The number of rotatable bonds is 4. The molecule has 0 aliphatic heterocycles. The van der Waals surface area contributed by atoms with Crippen molar-refractivity contribution in [2.45, 2.75) is 44.7 Å². The first-order valence-corrected chi connectivity index (χ1v) is 7.43. The van der Waals surface area contributed by atoms with Crippen molar-refractivity contribution in [3.05, 3.63) is 23.7 Å². The van der Waals surface area contributed by atoms with Crippen molar-refractivity contribution in [1.82, 2.24) is 5.32 Å². The molecule has 0 bridgehead atoms. The highest BCUT2D eigenvalue weighted by atomic mass is 19.4. The van der Waals surface area contributed by atoms with E-state index in [9.17, 15) is 22.8 Å². The van der Waals surface area contributed by atoms with Gasteiger partial charge in [0.2, 0.25) is 5.76 Å². The molecule has 0 atom stereocenters. The zero-order valence-corrected chi connectivity index (χ0v) is 12.4. The molecule has 0 aromatic carbocycles. The first kappa shape index (κ1) is 17.4. The van der Waals surface area contributed by atoms with Crippen molar-refractivity contribution in [2.75, 3.05) is 6.54 Å². The molecule has 1 aromatic heterocycles. The number of amides is 1. The lowest BCUT2D eigenvalue weighted by atomic mass is 9.79. The van der Waals surface area contributed by atoms with E-state index < -0.39 is 35.8 Å². The van der Waals surface area contributed by atoms with Gasteiger partial charge in [0.05, 0.1) is 5.41 Å². The lowest BCUT2D eigenvalue weighted by Gasteiger charge is -2.35. The van der Waals surface area contributed by atoms with Crippen molar-refractivity contribution in [1.29, 1.82) is 0 Å². The number of halogens is 3. The summed E-state index contributed by atoms with van der Waals surface area (Å²) in [6, 6.07) is 2.22. The third-order valence-electron chi connectivity index (χ3n) is 4.29. The van der Waals surface area contributed by atoms with E-state index in [0.717, 1.165) is 25.0 Å². The van der Waals surface area contributed by atoms with Crippen LogP contribution < -0.4 is 5.32 Å². The zero-order valence-electron chi connectivity index (χ0n) is 12.4. The van der Waals surface area contributed by atoms with Gasteiger partial charge in [-0.05, 0) is 25.0 Å². The Bertz CT molecular complexity index is 572. The molecule has 0 radical (unpaired) electrons. The second-order valence-corrected chi connectivity index (χ2v) is 5.84. The molecule has 1 aliphatic carbocycles. The van der Waals surface area contributed by atoms with Gasteiger partial charge in [0, 0.05) is 6.54 Å². The summed E-state index contributed by atoms with van der Waals surface area (Å²) in [5.74, 6) is -2.94. The number of aromatic carboxylic acids is 1. The van der Waals surface area contributed by atoms with Gasteiger partial charge in [-0.1, -0.05) is 25.7 Å². The monoisotopic (exact) mass is 333 g/mol. The molecule has 23 heavy (non-hydrogen) atoms. The van der Waals surface area contributed by atoms with E-state index in [1.807, 2.05) is 0 Å². The fraction of sp³-hybridized carbons (Fsp3) is 0.600. The summed E-state index contributed by atoms with van der Waals surface area (Å²) in [6.07, 6.45) is -1.99. The van der Waals surface area contributed by atoms with Crippen molar-refractivity contribution < 1.29 is 32.3 Å². The maximum atomic E-state index is 13.5. The standard InChI is InChI=1S/C15H18F3NO4/c16-15(17,18)14(7-3-1-2-4-8-14)9-19-12(20)10-5-6-11(23-10)13(21)22/h5-6H,1-4,7-9H2,(H,19,20)(H,21,22). The summed E-state index contributed by atoms with van der Waals surface area (Å²) in [5, 5.41) is 11.0. The molecule has 0 spiro atoms. The number of carbonyl (C=O) groups excluding carboxylic acids is 1. The van der Waals surface area contributed by atoms with E-state index in [4.69, 9.17) is 9.52 Å². The number of hydrogen-bond acceptors (Lipinski definition) is 3. The van der Waals surface area contributed by atoms with Crippen molar-refractivity contribution in [3.63, 3.8) is 0 Å². The zero-order chi connectivity index (χ0) is 17.1. The molecule has 2 rings (SSSR count). The normalized spacial score (nSPS) is 18.2. The summed E-state index contributed by atoms with van der Waals surface area (Å²) in [4.78, 5) is 22.6. The fourth-order valence-corrected chi connectivity index (χ4v) is 2.88. The van der Waals surface area contributed by atoms with Crippen LogP contribution in [0.3, 0.4) is 0 Å². The van der Waals surface area contributed by atoms with Gasteiger partial charge in [0.1, 0.15) is 0 Å². The molecular weight excluding hydrogens is 315 g/mol. The van der Waals surface area contributed by atoms with Crippen molar-refractivity contribution in [3.8, 4) is 0 Å². The van der Waals surface area contributed by atoms with Crippen LogP contribution in [0.2, 0.25) is 0 Å². The minimum Gasteiger partial charge on any atom is -0.475 e. The molecule has 1 heterocycles. The topological polar surface area (TPSA) is 79.5 Å². The van der Waals surface area contributed by atoms with Gasteiger partial charge >= 0.3 is 12.1 Å². The van der Waals surface area contributed by atoms with Crippen LogP contribution >= 0.6 is 0 Å². The highest BCUT2D eigenvalue weighted by molar-refractivity contribution is 5.93. The van der Waals surface area contributed by atoms with Gasteiger partial charge in [0.25, 0.3) is 5.91 Å². The average Bonchev–Trinajstić information content (AvgIpc) is 2.83. The van der Waals surface area contributed by atoms with Crippen LogP contribution in [0.4, 0.5) is 13.2 Å². The van der Waals surface area contributed by atoms with Gasteiger partial charge in [-0.2, -0.15) is 13.2 Å². The molecule has 1 aliphatic rings. The van der Waals surface area contributed by atoms with E-state index in [2.05, 4.69) is 5.32 Å². The van der Waals surface area contributed by atoms with Gasteiger partial charge in [-0.25, -0.2) is 4.79 Å². The molecule has 2 N–H and O–H groups in total. The van der Waals surface area contributed by atoms with E-state index in [1.165, 1.54) is 0 Å². The molecule has 8 heteroatoms. The second kappa shape index (κ2) is 6.64. The maximum Gasteiger partial charge on any atom is 0.396 e. The summed E-state index contributed by atoms with van der Waals surface area (Å²) >= 11 is 0. The molecule has 128 valence electrons. The van der Waals surface area contributed by atoms with Crippen LogP contribution in [0.15, 0.2) is 16.5 Å². The Kier molecular flexibility index (Phi) is 5.01. The minimum atomic E-state index is -4.40. The Balaban J connectivity index is 2.08. The molecule has 1 saturated carbocycles. The van der Waals surface area contributed by atoms with Crippen LogP contribution in [-0.4, -0.2) is 29.7 Å². The fourth-order valence-electron chi connectivity index (χ4n) is 2.88. The van der Waals surface area contributed by atoms with E-state index in [-0.39, 0.29) is 18.6 Å². The summed E-state index contributed by atoms with van der Waals surface area (Å²) in [5.41, 5.74) is -1.93. The van der Waals surface area contributed by atoms with E-state index in [1.54, 1.807) is 0 Å². The number of nitrogens with one attached hydrogen (secondary N) is 1. The minimum absolute atomic E-state index is 0.0185. The smallest absolute Gasteiger partial charge is 0.396 e. The molecule has 5 nitrogen and oxygen atoms in total. The number of furan rings is 1. The number of carbonyl (C=O) groups is 2. The van der Waals surface area contributed by atoms with Crippen molar-refractivity contribution in [2.24, 2.45) is 5.41 Å². The average molecular weight is 333 g/mol. The predicted octanol–water partition coefficient (Wildman–Crippen LogP) is 3.61. The largest absolute Gasteiger partial charge is 0.475 e. The molecule has 1 amide bonds. The maximum absolute atomic E-state index is 13.5. The van der Waals surface area contributed by atoms with Crippen LogP contribution in [0.1, 0.15) is 59.6 Å². The summed E-state index contributed by atoms with van der Waals surface area (Å²) in [6.45, 7) is -0.529. The molecule has 0 saturated heterocycles. The first-order valence-electron chi connectivity index (χ1n) is 7.43. The van der Waals surface area contributed by atoms with Crippen LogP contribution in [0, 0.1) is 5.41 Å². The Morgan fingerprint density at radius 1 is 1.13 bits per heavy atom. The summed E-state index contributed by atoms with van der Waals surface area (Å²) < 4.78 is 45.3. The van der Waals surface area contributed by atoms with Gasteiger partial charge < -0.3 is 14.8 Å². The molecular formula is C15H18F3NO4. The number of carboxylic acid groups (broad SMARTS) is 1. The Morgan fingerprint density at radius 3 is 2.17 bits per heavy atom. The molecule has 1 fully saturated rings. The summed E-state index contributed by atoms with van der Waals surface area (Å²) in [7, 11) is 0. The lowest BCUT2D eigenvalue weighted by molar-refractivity contribution is -0.226. The third kappa shape index (κ3) is 3.86. The Morgan fingerprint density at radius 2 is 1.70 bits per heavy atom. The van der Waals surface area contributed by atoms with Crippen LogP contribution in [0.25, 0.3) is 0 Å². The van der Waals surface area contributed by atoms with Crippen LogP contribution in [-0.2, 0) is 0 Å². The molecule has 1 aromatic rings. The number of alkyl halides is 3. The molecule has 0 unspecified atom stereocenters. The first-order chi connectivity index (χ1) is 10.8. The van der Waals surface area contributed by atoms with Gasteiger partial charge in [-0.15, -0.1) is 0 Å². The second-order valence-electron chi connectivity index (χ2n) is 5.84. The number of carboxylic acids is 1. The predicted molar refractivity (Wildman–Crippen MR) is 74.2 cm³/mol. The number of hydrogen-bond donors (Lipinski definition) is 2. The van der Waals surface area contributed by atoms with E-state index in [0.29, 0.717) is 12.8 Å². The lowest BCUT2D eigenvalue weighted by Crippen LogP contribution is -2.47. The van der Waals surface area contributed by atoms with Gasteiger partial charge in [0.15, 0.2) is 5.76 Å².